The Morgan fingerprint density at radius 3 is 3.05 bits per heavy atom. The Morgan fingerprint density at radius 2 is 2.32 bits per heavy atom. The Morgan fingerprint density at radius 1 is 1.47 bits per heavy atom. The lowest BCUT2D eigenvalue weighted by Gasteiger charge is -2.08. The molecule has 19 heavy (non-hydrogen) atoms. The summed E-state index contributed by atoms with van der Waals surface area (Å²) >= 11 is 3.44. The topological polar surface area (TPSA) is 70.7 Å². The molecule has 0 radical (unpaired) electrons. The molecule has 1 heterocycles. The molecule has 0 atom stereocenters. The fourth-order valence-corrected chi connectivity index (χ4v) is 2.17. The predicted octanol–water partition coefficient (Wildman–Crippen LogP) is 2.24. The van der Waals surface area contributed by atoms with E-state index in [1.54, 1.807) is 0 Å². The average Bonchev–Trinajstić information content (AvgIpc) is 2.91. The van der Waals surface area contributed by atoms with Crippen molar-refractivity contribution in [2.75, 3.05) is 6.54 Å². The minimum atomic E-state index is -0.0619. The molecule has 0 saturated carbocycles. The van der Waals surface area contributed by atoms with E-state index < -0.39 is 0 Å². The second kappa shape index (κ2) is 6.47. The molecule has 0 bridgehead atoms. The van der Waals surface area contributed by atoms with E-state index in [9.17, 15) is 4.79 Å². The second-order valence-electron chi connectivity index (χ2n) is 4.23. The van der Waals surface area contributed by atoms with Crippen molar-refractivity contribution in [2.45, 2.75) is 19.8 Å². The van der Waals surface area contributed by atoms with Gasteiger partial charge in [-0.3, -0.25) is 9.89 Å². The molecule has 0 fully saturated rings. The summed E-state index contributed by atoms with van der Waals surface area (Å²) in [6.07, 6.45) is 3.08. The molecule has 100 valence electrons. The molecule has 2 aromatic rings. The fourth-order valence-electron chi connectivity index (χ4n) is 1.73. The number of rotatable bonds is 5. The number of hydrogen-bond acceptors (Lipinski definition) is 3. The van der Waals surface area contributed by atoms with Gasteiger partial charge in [-0.1, -0.05) is 12.1 Å². The third-order valence-electron chi connectivity index (χ3n) is 2.78. The van der Waals surface area contributed by atoms with E-state index in [1.165, 1.54) is 6.33 Å². The molecule has 0 aliphatic rings. The molecule has 0 aliphatic carbocycles. The molecule has 6 heteroatoms. The van der Waals surface area contributed by atoms with E-state index in [2.05, 4.69) is 36.4 Å². The SMILES string of the molecule is Cc1cccc(C(=O)NCCCc2ncn[nH]2)c1Br. The summed E-state index contributed by atoms with van der Waals surface area (Å²) < 4.78 is 0.850. The van der Waals surface area contributed by atoms with Crippen LogP contribution in [0.1, 0.15) is 28.2 Å². The van der Waals surface area contributed by atoms with Gasteiger partial charge in [-0.25, -0.2) is 4.98 Å². The fraction of sp³-hybridized carbons (Fsp3) is 0.308. The minimum absolute atomic E-state index is 0.0619. The molecule has 2 N–H and O–H groups in total. The standard InChI is InChI=1S/C13H15BrN4O/c1-9-4-2-5-10(12(9)14)13(19)15-7-3-6-11-16-8-17-18-11/h2,4-5,8H,3,6-7H2,1H3,(H,15,19)(H,16,17,18). The summed E-state index contributed by atoms with van der Waals surface area (Å²) in [6, 6.07) is 5.65. The van der Waals surface area contributed by atoms with E-state index in [0.717, 1.165) is 28.7 Å². The van der Waals surface area contributed by atoms with Gasteiger partial charge in [-0.05, 0) is 40.9 Å². The maximum Gasteiger partial charge on any atom is 0.252 e. The number of aromatic amines is 1. The van der Waals surface area contributed by atoms with Gasteiger partial charge >= 0.3 is 0 Å². The Kier molecular flexibility index (Phi) is 4.68. The number of hydrogen-bond donors (Lipinski definition) is 2. The number of amides is 1. The molecular weight excluding hydrogens is 308 g/mol. The van der Waals surface area contributed by atoms with Crippen LogP contribution in [0.25, 0.3) is 0 Å². The third-order valence-corrected chi connectivity index (χ3v) is 3.83. The quantitative estimate of drug-likeness (QED) is 0.829. The highest BCUT2D eigenvalue weighted by Crippen LogP contribution is 2.20. The van der Waals surface area contributed by atoms with E-state index in [4.69, 9.17) is 0 Å². The molecule has 5 nitrogen and oxygen atoms in total. The number of nitrogens with one attached hydrogen (secondary N) is 2. The lowest BCUT2D eigenvalue weighted by atomic mass is 10.1. The molecule has 2 rings (SSSR count). The Hall–Kier alpha value is -1.69. The van der Waals surface area contributed by atoms with Gasteiger partial charge in [0.2, 0.25) is 0 Å². The van der Waals surface area contributed by atoms with Gasteiger partial charge in [0, 0.05) is 17.4 Å². The van der Waals surface area contributed by atoms with Crippen molar-refractivity contribution in [1.29, 1.82) is 0 Å². The van der Waals surface area contributed by atoms with Crippen LogP contribution >= 0.6 is 15.9 Å². The van der Waals surface area contributed by atoms with Crippen LogP contribution in [0.5, 0.6) is 0 Å². The summed E-state index contributed by atoms with van der Waals surface area (Å²) in [6.45, 7) is 2.57. The zero-order valence-corrected chi connectivity index (χ0v) is 12.2. The number of nitrogens with zero attached hydrogens (tertiary/aromatic N) is 2. The maximum absolute atomic E-state index is 12.0. The first-order chi connectivity index (χ1) is 9.18. The van der Waals surface area contributed by atoms with Crippen molar-refractivity contribution in [3.63, 3.8) is 0 Å². The first kappa shape index (κ1) is 13.7. The van der Waals surface area contributed by atoms with Crippen LogP contribution in [0.15, 0.2) is 29.0 Å². The molecule has 0 spiro atoms. The average molecular weight is 323 g/mol. The van der Waals surface area contributed by atoms with Gasteiger partial charge in [-0.15, -0.1) is 0 Å². The van der Waals surface area contributed by atoms with Crippen LogP contribution in [-0.2, 0) is 6.42 Å². The van der Waals surface area contributed by atoms with Crippen LogP contribution in [0.4, 0.5) is 0 Å². The largest absolute Gasteiger partial charge is 0.352 e. The van der Waals surface area contributed by atoms with Crippen LogP contribution in [0, 0.1) is 6.92 Å². The lowest BCUT2D eigenvalue weighted by molar-refractivity contribution is 0.0952. The smallest absolute Gasteiger partial charge is 0.252 e. The number of carbonyl (C=O) groups is 1. The summed E-state index contributed by atoms with van der Waals surface area (Å²) in [4.78, 5) is 16.0. The van der Waals surface area contributed by atoms with Crippen molar-refractivity contribution in [3.8, 4) is 0 Å². The van der Waals surface area contributed by atoms with Crippen molar-refractivity contribution >= 4 is 21.8 Å². The molecule has 0 aliphatic heterocycles. The van der Waals surface area contributed by atoms with Gasteiger partial charge in [0.15, 0.2) is 0 Å². The van der Waals surface area contributed by atoms with Crippen LogP contribution in [0.2, 0.25) is 0 Å². The van der Waals surface area contributed by atoms with Gasteiger partial charge in [0.25, 0.3) is 5.91 Å². The number of aryl methyl sites for hydroxylation is 2. The number of aromatic nitrogens is 3. The highest BCUT2D eigenvalue weighted by molar-refractivity contribution is 9.10. The Labute approximate surface area is 120 Å². The van der Waals surface area contributed by atoms with Crippen molar-refractivity contribution in [2.24, 2.45) is 0 Å². The van der Waals surface area contributed by atoms with Gasteiger partial charge in [-0.2, -0.15) is 5.10 Å². The van der Waals surface area contributed by atoms with Gasteiger partial charge in [0.05, 0.1) is 5.56 Å². The first-order valence-corrected chi connectivity index (χ1v) is 6.85. The molecule has 1 aromatic heterocycles. The predicted molar refractivity (Wildman–Crippen MR) is 75.9 cm³/mol. The minimum Gasteiger partial charge on any atom is -0.352 e. The highest BCUT2D eigenvalue weighted by atomic mass is 79.9. The van der Waals surface area contributed by atoms with E-state index in [0.29, 0.717) is 12.1 Å². The summed E-state index contributed by atoms with van der Waals surface area (Å²) in [5.41, 5.74) is 1.72. The zero-order chi connectivity index (χ0) is 13.7. The third kappa shape index (κ3) is 3.64. The van der Waals surface area contributed by atoms with Gasteiger partial charge in [0.1, 0.15) is 12.2 Å². The normalized spacial score (nSPS) is 10.4. The first-order valence-electron chi connectivity index (χ1n) is 6.06. The molecule has 1 amide bonds. The zero-order valence-electron chi connectivity index (χ0n) is 10.6. The maximum atomic E-state index is 12.0. The van der Waals surface area contributed by atoms with Crippen LogP contribution < -0.4 is 5.32 Å². The second-order valence-corrected chi connectivity index (χ2v) is 5.02. The Balaban J connectivity index is 1.83. The van der Waals surface area contributed by atoms with Crippen molar-refractivity contribution < 1.29 is 4.79 Å². The molecule has 0 saturated heterocycles. The Bertz CT molecular complexity index is 554. The molecule has 1 aromatic carbocycles. The van der Waals surface area contributed by atoms with Crippen molar-refractivity contribution in [3.05, 3.63) is 46.0 Å². The lowest BCUT2D eigenvalue weighted by Crippen LogP contribution is -2.25. The number of carbonyl (C=O) groups excluding carboxylic acids is 1. The number of halogens is 1. The van der Waals surface area contributed by atoms with E-state index >= 15 is 0 Å². The number of H-pyrrole nitrogens is 1. The van der Waals surface area contributed by atoms with E-state index in [-0.39, 0.29) is 5.91 Å². The van der Waals surface area contributed by atoms with E-state index in [1.807, 2.05) is 25.1 Å². The summed E-state index contributed by atoms with van der Waals surface area (Å²) in [5.74, 6) is 0.777. The van der Waals surface area contributed by atoms with Crippen molar-refractivity contribution in [1.82, 2.24) is 20.5 Å². The summed E-state index contributed by atoms with van der Waals surface area (Å²) in [5, 5.41) is 9.47. The van der Waals surface area contributed by atoms with Crippen LogP contribution in [-0.4, -0.2) is 27.6 Å². The van der Waals surface area contributed by atoms with Gasteiger partial charge < -0.3 is 5.32 Å². The molecular formula is C13H15BrN4O. The van der Waals surface area contributed by atoms with Crippen LogP contribution in [0.3, 0.4) is 0 Å². The highest BCUT2D eigenvalue weighted by Gasteiger charge is 2.10. The monoisotopic (exact) mass is 322 g/mol. The summed E-state index contributed by atoms with van der Waals surface area (Å²) in [7, 11) is 0. The molecule has 0 unspecified atom stereocenters. The number of benzene rings is 1.